The molecule has 1 aromatic heterocycles. The highest BCUT2D eigenvalue weighted by Gasteiger charge is 2.52. The van der Waals surface area contributed by atoms with Crippen LogP contribution in [-0.4, -0.2) is 38.9 Å². The highest BCUT2D eigenvalue weighted by molar-refractivity contribution is 5.93. The number of hydrogen-bond acceptors (Lipinski definition) is 5. The van der Waals surface area contributed by atoms with Gasteiger partial charge in [-0.15, -0.1) is 0 Å². The highest BCUT2D eigenvalue weighted by Crippen LogP contribution is 2.42. The van der Waals surface area contributed by atoms with Gasteiger partial charge in [0.05, 0.1) is 12.0 Å². The van der Waals surface area contributed by atoms with Gasteiger partial charge in [0, 0.05) is 12.1 Å². The van der Waals surface area contributed by atoms with Crippen LogP contribution in [-0.2, 0) is 4.79 Å². The molecular formula is C12H12N2O6. The molecule has 0 spiro atoms. The summed E-state index contributed by atoms with van der Waals surface area (Å²) in [6, 6.07) is 1.93. The van der Waals surface area contributed by atoms with Crippen molar-refractivity contribution in [2.75, 3.05) is 0 Å². The van der Waals surface area contributed by atoms with E-state index in [4.69, 9.17) is 9.52 Å². The fraction of sp³-hybridized carbons (Fsp3) is 0.500. The first kappa shape index (κ1) is 12.6. The minimum atomic E-state index is -0.902. The fourth-order valence-electron chi connectivity index (χ4n) is 3.24. The minimum absolute atomic E-state index is 0.111. The van der Waals surface area contributed by atoms with Gasteiger partial charge in [0.15, 0.2) is 5.76 Å². The van der Waals surface area contributed by atoms with Crippen LogP contribution in [0.2, 0.25) is 0 Å². The number of rotatable bonds is 3. The van der Waals surface area contributed by atoms with E-state index in [1.54, 1.807) is 0 Å². The van der Waals surface area contributed by atoms with Crippen molar-refractivity contribution >= 4 is 17.8 Å². The zero-order valence-corrected chi connectivity index (χ0v) is 10.4. The van der Waals surface area contributed by atoms with Gasteiger partial charge >= 0.3 is 11.9 Å². The third-order valence-corrected chi connectivity index (χ3v) is 4.07. The molecule has 0 radical (unpaired) electrons. The largest absolute Gasteiger partial charge is 0.481 e. The molecule has 2 bridgehead atoms. The zero-order chi connectivity index (χ0) is 14.4. The van der Waals surface area contributed by atoms with Crippen molar-refractivity contribution < 1.29 is 24.0 Å². The van der Waals surface area contributed by atoms with Crippen molar-refractivity contribution in [1.82, 2.24) is 4.90 Å². The average molecular weight is 280 g/mol. The van der Waals surface area contributed by atoms with Crippen LogP contribution < -0.4 is 0 Å². The number of nitrogens with zero attached hydrogens (tertiary/aromatic N) is 2. The van der Waals surface area contributed by atoms with E-state index in [9.17, 15) is 19.7 Å². The zero-order valence-electron chi connectivity index (χ0n) is 10.4. The first-order valence-electron chi connectivity index (χ1n) is 6.28. The second kappa shape index (κ2) is 4.32. The molecule has 8 heteroatoms. The summed E-state index contributed by atoms with van der Waals surface area (Å²) in [4.78, 5) is 34.8. The van der Waals surface area contributed by atoms with Gasteiger partial charge in [0.1, 0.15) is 4.92 Å². The van der Waals surface area contributed by atoms with Crippen LogP contribution in [0.5, 0.6) is 0 Å². The molecule has 2 aliphatic rings. The van der Waals surface area contributed by atoms with Crippen molar-refractivity contribution in [2.24, 2.45) is 5.92 Å². The summed E-state index contributed by atoms with van der Waals surface area (Å²) >= 11 is 0. The second-order valence-electron chi connectivity index (χ2n) is 5.09. The van der Waals surface area contributed by atoms with E-state index in [1.165, 1.54) is 11.0 Å². The Balaban J connectivity index is 1.84. The summed E-state index contributed by atoms with van der Waals surface area (Å²) in [5, 5.41) is 19.7. The van der Waals surface area contributed by atoms with E-state index >= 15 is 0 Å². The molecule has 3 unspecified atom stereocenters. The van der Waals surface area contributed by atoms with E-state index in [0.29, 0.717) is 12.8 Å². The van der Waals surface area contributed by atoms with Gasteiger partial charge in [-0.1, -0.05) is 0 Å². The lowest BCUT2D eigenvalue weighted by Gasteiger charge is -2.21. The summed E-state index contributed by atoms with van der Waals surface area (Å²) in [5.74, 6) is -2.52. The van der Waals surface area contributed by atoms with Gasteiger partial charge < -0.3 is 14.4 Å². The molecule has 106 valence electrons. The van der Waals surface area contributed by atoms with Crippen LogP contribution in [0.15, 0.2) is 16.5 Å². The number of carboxylic acid groups (broad SMARTS) is 1. The number of carboxylic acids is 1. The lowest BCUT2D eigenvalue weighted by molar-refractivity contribution is -0.402. The predicted octanol–water partition coefficient (Wildman–Crippen LogP) is 1.27. The van der Waals surface area contributed by atoms with Crippen LogP contribution >= 0.6 is 0 Å². The minimum Gasteiger partial charge on any atom is -0.481 e. The van der Waals surface area contributed by atoms with Crippen LogP contribution in [0, 0.1) is 16.0 Å². The average Bonchev–Trinajstić information content (AvgIpc) is 3.11. The number of furan rings is 1. The molecule has 1 aromatic rings. The molecule has 2 saturated heterocycles. The predicted molar refractivity (Wildman–Crippen MR) is 64.1 cm³/mol. The van der Waals surface area contributed by atoms with Crippen LogP contribution in [0.3, 0.4) is 0 Å². The summed E-state index contributed by atoms with van der Waals surface area (Å²) in [6.45, 7) is 0. The topological polar surface area (TPSA) is 114 Å². The number of carbonyl (C=O) groups excluding carboxylic acids is 1. The second-order valence-corrected chi connectivity index (χ2v) is 5.09. The summed E-state index contributed by atoms with van der Waals surface area (Å²) in [7, 11) is 0. The van der Waals surface area contributed by atoms with Crippen molar-refractivity contribution in [3.8, 4) is 0 Å². The van der Waals surface area contributed by atoms with Crippen LogP contribution in [0.1, 0.15) is 29.8 Å². The molecule has 8 nitrogen and oxygen atoms in total. The van der Waals surface area contributed by atoms with E-state index in [1.807, 2.05) is 0 Å². The fourth-order valence-corrected chi connectivity index (χ4v) is 3.24. The van der Waals surface area contributed by atoms with Gasteiger partial charge in [0.25, 0.3) is 5.91 Å². The molecule has 20 heavy (non-hydrogen) atoms. The molecule has 3 atom stereocenters. The molecule has 1 N–H and O–H groups in total. The summed E-state index contributed by atoms with van der Waals surface area (Å²) < 4.78 is 4.90. The van der Waals surface area contributed by atoms with Gasteiger partial charge in [-0.2, -0.15) is 0 Å². The van der Waals surface area contributed by atoms with E-state index in [0.717, 1.165) is 12.5 Å². The Morgan fingerprint density at radius 3 is 2.70 bits per heavy atom. The molecule has 2 fully saturated rings. The first-order valence-corrected chi connectivity index (χ1v) is 6.28. The number of amides is 1. The highest BCUT2D eigenvalue weighted by atomic mass is 16.6. The Morgan fingerprint density at radius 2 is 2.15 bits per heavy atom. The lowest BCUT2D eigenvalue weighted by atomic mass is 9.89. The normalized spacial score (nSPS) is 27.8. The summed E-state index contributed by atoms with van der Waals surface area (Å²) in [6.07, 6.45) is 1.85. The van der Waals surface area contributed by atoms with Gasteiger partial charge in [-0.25, -0.2) is 0 Å². The molecule has 2 aliphatic heterocycles. The molecule has 0 aromatic carbocycles. The number of hydrogen-bond donors (Lipinski definition) is 1. The van der Waals surface area contributed by atoms with Crippen molar-refractivity contribution in [2.45, 2.75) is 31.3 Å². The smallest absolute Gasteiger partial charge is 0.433 e. The number of aliphatic carboxylic acids is 1. The Bertz CT molecular complexity index is 595. The number of nitro groups is 1. The molecular weight excluding hydrogens is 268 g/mol. The van der Waals surface area contributed by atoms with Gasteiger partial charge in [-0.05, 0) is 25.3 Å². The SMILES string of the molecule is O=C(O)C1CC2CCC1N2C(=O)c1ccc([N+](=O)[O-])o1. The maximum absolute atomic E-state index is 12.3. The van der Waals surface area contributed by atoms with Crippen molar-refractivity contribution in [1.29, 1.82) is 0 Å². The standard InChI is InChI=1S/C12H12N2O6/c15-11(9-3-4-10(20-9)14(18)19)13-6-1-2-8(13)7(5-6)12(16)17/h3-4,6-8H,1-2,5H2,(H,16,17). The van der Waals surface area contributed by atoms with Crippen molar-refractivity contribution in [3.63, 3.8) is 0 Å². The Labute approximate surface area is 113 Å². The van der Waals surface area contributed by atoms with E-state index in [-0.39, 0.29) is 17.8 Å². The van der Waals surface area contributed by atoms with Gasteiger partial charge in [-0.3, -0.25) is 19.7 Å². The third-order valence-electron chi connectivity index (χ3n) is 4.07. The van der Waals surface area contributed by atoms with E-state index < -0.39 is 28.6 Å². The molecule has 0 aliphatic carbocycles. The lowest BCUT2D eigenvalue weighted by Crippen LogP contribution is -2.37. The first-order chi connectivity index (χ1) is 9.49. The quantitative estimate of drug-likeness (QED) is 0.658. The maximum atomic E-state index is 12.3. The molecule has 0 saturated carbocycles. The maximum Gasteiger partial charge on any atom is 0.433 e. The molecule has 1 amide bonds. The summed E-state index contributed by atoms with van der Waals surface area (Å²) in [5.41, 5.74) is 0. The van der Waals surface area contributed by atoms with Gasteiger partial charge in [0.2, 0.25) is 0 Å². The van der Waals surface area contributed by atoms with Crippen molar-refractivity contribution in [3.05, 3.63) is 28.0 Å². The van der Waals surface area contributed by atoms with Crippen LogP contribution in [0.4, 0.5) is 5.88 Å². The number of fused-ring (bicyclic) bond motifs is 2. The molecule has 3 rings (SSSR count). The number of carbonyl (C=O) groups is 2. The Kier molecular flexibility index (Phi) is 2.73. The third kappa shape index (κ3) is 1.75. The molecule has 3 heterocycles. The monoisotopic (exact) mass is 280 g/mol. The Morgan fingerprint density at radius 1 is 1.40 bits per heavy atom. The Hall–Kier alpha value is -2.38. The van der Waals surface area contributed by atoms with E-state index in [2.05, 4.69) is 0 Å². The van der Waals surface area contributed by atoms with Crippen LogP contribution in [0.25, 0.3) is 0 Å².